The van der Waals surface area contributed by atoms with Gasteiger partial charge in [0.25, 0.3) is 5.91 Å². The number of anilines is 1. The fourth-order valence-corrected chi connectivity index (χ4v) is 2.29. The second-order valence-corrected chi connectivity index (χ2v) is 5.37. The molecule has 1 unspecified atom stereocenters. The van der Waals surface area contributed by atoms with Gasteiger partial charge in [-0.1, -0.05) is 12.1 Å². The molecule has 0 aliphatic heterocycles. The van der Waals surface area contributed by atoms with Crippen LogP contribution in [0.1, 0.15) is 34.5 Å². The molecule has 0 spiro atoms. The lowest BCUT2D eigenvalue weighted by atomic mass is 10.1. The van der Waals surface area contributed by atoms with Crippen LogP contribution in [-0.2, 0) is 0 Å². The van der Waals surface area contributed by atoms with E-state index in [1.807, 2.05) is 38.1 Å². The van der Waals surface area contributed by atoms with Gasteiger partial charge in [0.1, 0.15) is 11.5 Å². The van der Waals surface area contributed by atoms with Gasteiger partial charge in [-0.3, -0.25) is 4.79 Å². The molecule has 5 nitrogen and oxygen atoms in total. The number of rotatable bonds is 5. The summed E-state index contributed by atoms with van der Waals surface area (Å²) in [5.41, 5.74) is 8.87. The van der Waals surface area contributed by atoms with Gasteiger partial charge in [-0.2, -0.15) is 0 Å². The van der Waals surface area contributed by atoms with E-state index in [-0.39, 0.29) is 24.4 Å². The highest BCUT2D eigenvalue weighted by Crippen LogP contribution is 2.29. The van der Waals surface area contributed by atoms with Gasteiger partial charge in [-0.15, -0.1) is 12.4 Å². The molecule has 6 heteroatoms. The molecular formula is C18H23ClN2O3. The first-order chi connectivity index (χ1) is 11.0. The minimum Gasteiger partial charge on any atom is -0.496 e. The summed E-state index contributed by atoms with van der Waals surface area (Å²) in [5.74, 6) is 0.999. The second-order valence-electron chi connectivity index (χ2n) is 5.37. The van der Waals surface area contributed by atoms with E-state index in [1.165, 1.54) is 0 Å². The molecule has 24 heavy (non-hydrogen) atoms. The third-order valence-electron chi connectivity index (χ3n) is 3.71. The normalized spacial score (nSPS) is 11.2. The van der Waals surface area contributed by atoms with Crippen LogP contribution in [0.4, 0.5) is 5.69 Å². The number of nitrogens with one attached hydrogen (secondary N) is 1. The van der Waals surface area contributed by atoms with E-state index in [2.05, 4.69) is 5.32 Å². The van der Waals surface area contributed by atoms with E-state index >= 15 is 0 Å². The van der Waals surface area contributed by atoms with Crippen molar-refractivity contribution in [1.82, 2.24) is 0 Å². The summed E-state index contributed by atoms with van der Waals surface area (Å²) in [6, 6.07) is 10.8. The molecule has 0 bridgehead atoms. The molecule has 3 N–H and O–H groups in total. The molecule has 2 aromatic carbocycles. The standard InChI is InChI=1S/C18H22N2O3.ClH/c1-11-16(22-3)9-14(10-17(11)23-4)18(21)20-15-7-5-13(6-8-15)12(2)19;/h5-10,12H,19H2,1-4H3,(H,20,21);1H. The topological polar surface area (TPSA) is 73.6 Å². The van der Waals surface area contributed by atoms with Gasteiger partial charge >= 0.3 is 0 Å². The average molecular weight is 351 g/mol. The number of ether oxygens (including phenoxy) is 2. The van der Waals surface area contributed by atoms with E-state index in [4.69, 9.17) is 15.2 Å². The third kappa shape index (κ3) is 4.40. The maximum atomic E-state index is 12.4. The van der Waals surface area contributed by atoms with Gasteiger partial charge in [-0.25, -0.2) is 0 Å². The zero-order chi connectivity index (χ0) is 17.0. The molecule has 0 fully saturated rings. The summed E-state index contributed by atoms with van der Waals surface area (Å²) in [4.78, 5) is 12.4. The van der Waals surface area contributed by atoms with Crippen molar-refractivity contribution >= 4 is 24.0 Å². The van der Waals surface area contributed by atoms with Crippen molar-refractivity contribution in [3.63, 3.8) is 0 Å². The first-order valence-electron chi connectivity index (χ1n) is 7.35. The zero-order valence-electron chi connectivity index (χ0n) is 14.3. The van der Waals surface area contributed by atoms with Crippen LogP contribution in [0.5, 0.6) is 11.5 Å². The van der Waals surface area contributed by atoms with Crippen LogP contribution in [0.3, 0.4) is 0 Å². The van der Waals surface area contributed by atoms with Crippen LogP contribution in [0, 0.1) is 6.92 Å². The summed E-state index contributed by atoms with van der Waals surface area (Å²) in [6.07, 6.45) is 0. The van der Waals surface area contributed by atoms with Gasteiger partial charge in [-0.05, 0) is 43.7 Å². The largest absolute Gasteiger partial charge is 0.496 e. The van der Waals surface area contributed by atoms with Crippen molar-refractivity contribution in [1.29, 1.82) is 0 Å². The second kappa shape index (κ2) is 8.57. The summed E-state index contributed by atoms with van der Waals surface area (Å²) in [5, 5.41) is 2.86. The number of hydrogen-bond donors (Lipinski definition) is 2. The SMILES string of the molecule is COc1cc(C(=O)Nc2ccc(C(C)N)cc2)cc(OC)c1C.Cl. The number of methoxy groups -OCH3 is 2. The molecule has 1 amide bonds. The van der Waals surface area contributed by atoms with Crippen molar-refractivity contribution in [2.24, 2.45) is 5.73 Å². The van der Waals surface area contributed by atoms with Crippen LogP contribution < -0.4 is 20.5 Å². The molecule has 0 aliphatic rings. The third-order valence-corrected chi connectivity index (χ3v) is 3.71. The van der Waals surface area contributed by atoms with E-state index in [0.717, 1.165) is 11.1 Å². The van der Waals surface area contributed by atoms with Crippen LogP contribution in [0.15, 0.2) is 36.4 Å². The van der Waals surface area contributed by atoms with Crippen LogP contribution in [0.25, 0.3) is 0 Å². The molecule has 0 saturated heterocycles. The number of nitrogens with two attached hydrogens (primary N) is 1. The lowest BCUT2D eigenvalue weighted by molar-refractivity contribution is 0.102. The summed E-state index contributed by atoms with van der Waals surface area (Å²) >= 11 is 0. The molecule has 2 rings (SSSR count). The fourth-order valence-electron chi connectivity index (χ4n) is 2.29. The van der Waals surface area contributed by atoms with Gasteiger partial charge < -0.3 is 20.5 Å². The maximum absolute atomic E-state index is 12.4. The summed E-state index contributed by atoms with van der Waals surface area (Å²) < 4.78 is 10.6. The zero-order valence-corrected chi connectivity index (χ0v) is 15.1. The van der Waals surface area contributed by atoms with E-state index in [0.29, 0.717) is 22.7 Å². The number of benzene rings is 2. The van der Waals surface area contributed by atoms with Crippen molar-refractivity contribution < 1.29 is 14.3 Å². The molecule has 0 radical (unpaired) electrons. The Balaban J connectivity index is 0.00000288. The van der Waals surface area contributed by atoms with Crippen molar-refractivity contribution in [2.45, 2.75) is 19.9 Å². The number of hydrogen-bond acceptors (Lipinski definition) is 4. The summed E-state index contributed by atoms with van der Waals surface area (Å²) in [7, 11) is 3.13. The van der Waals surface area contributed by atoms with E-state index in [9.17, 15) is 4.79 Å². The van der Waals surface area contributed by atoms with E-state index < -0.39 is 0 Å². The number of carbonyl (C=O) groups is 1. The van der Waals surface area contributed by atoms with Gasteiger partial charge in [0.2, 0.25) is 0 Å². The first-order valence-corrected chi connectivity index (χ1v) is 7.35. The van der Waals surface area contributed by atoms with Crippen LogP contribution in [0.2, 0.25) is 0 Å². The molecule has 1 atom stereocenters. The molecule has 0 aromatic heterocycles. The monoisotopic (exact) mass is 350 g/mol. The highest BCUT2D eigenvalue weighted by atomic mass is 35.5. The lowest BCUT2D eigenvalue weighted by Gasteiger charge is -2.13. The van der Waals surface area contributed by atoms with Gasteiger partial charge in [0.15, 0.2) is 0 Å². The Morgan fingerprint density at radius 1 is 1.08 bits per heavy atom. The quantitative estimate of drug-likeness (QED) is 0.862. The summed E-state index contributed by atoms with van der Waals surface area (Å²) in [6.45, 7) is 3.80. The minimum absolute atomic E-state index is 0. The Labute approximate surface area is 148 Å². The highest BCUT2D eigenvalue weighted by Gasteiger charge is 2.14. The van der Waals surface area contributed by atoms with Crippen LogP contribution >= 0.6 is 12.4 Å². The maximum Gasteiger partial charge on any atom is 0.255 e. The smallest absolute Gasteiger partial charge is 0.255 e. The predicted octanol–water partition coefficient (Wildman–Crippen LogP) is 3.71. The number of halogens is 1. The Morgan fingerprint density at radius 2 is 1.58 bits per heavy atom. The molecule has 0 saturated carbocycles. The minimum atomic E-state index is -0.227. The van der Waals surface area contributed by atoms with Crippen LogP contribution in [-0.4, -0.2) is 20.1 Å². The Morgan fingerprint density at radius 3 is 2.00 bits per heavy atom. The van der Waals surface area contributed by atoms with Gasteiger partial charge in [0.05, 0.1) is 14.2 Å². The van der Waals surface area contributed by atoms with Crippen molar-refractivity contribution in [3.05, 3.63) is 53.1 Å². The molecule has 2 aromatic rings. The highest BCUT2D eigenvalue weighted by molar-refractivity contribution is 6.05. The molecule has 0 heterocycles. The Bertz CT molecular complexity index is 675. The molecule has 0 aliphatic carbocycles. The first kappa shape index (κ1) is 19.8. The van der Waals surface area contributed by atoms with E-state index in [1.54, 1.807) is 26.4 Å². The predicted molar refractivity (Wildman–Crippen MR) is 98.5 cm³/mol. The Hall–Kier alpha value is -2.24. The molecule has 130 valence electrons. The van der Waals surface area contributed by atoms with Crippen molar-refractivity contribution in [3.8, 4) is 11.5 Å². The van der Waals surface area contributed by atoms with Gasteiger partial charge in [0, 0.05) is 22.9 Å². The molecular weight excluding hydrogens is 328 g/mol. The Kier molecular flexibility index (Phi) is 7.07. The lowest BCUT2D eigenvalue weighted by Crippen LogP contribution is -2.13. The fraction of sp³-hybridized carbons (Fsp3) is 0.278. The van der Waals surface area contributed by atoms with Crippen molar-refractivity contribution in [2.75, 3.05) is 19.5 Å². The number of amides is 1. The number of carbonyl (C=O) groups excluding carboxylic acids is 1. The average Bonchev–Trinajstić information content (AvgIpc) is 2.55.